The monoisotopic (exact) mass is 442 g/mol. The van der Waals surface area contributed by atoms with Crippen LogP contribution in [-0.4, -0.2) is 29.8 Å². The van der Waals surface area contributed by atoms with Crippen molar-refractivity contribution in [1.82, 2.24) is 19.9 Å². The van der Waals surface area contributed by atoms with Gasteiger partial charge in [0.05, 0.1) is 33.9 Å². The Hall–Kier alpha value is -4.60. The van der Waals surface area contributed by atoms with E-state index in [2.05, 4.69) is 19.9 Å². The van der Waals surface area contributed by atoms with E-state index in [9.17, 15) is 20.2 Å². The molecule has 10 nitrogen and oxygen atoms in total. The quantitative estimate of drug-likeness (QED) is 0.308. The molecule has 0 bridgehead atoms. The van der Waals surface area contributed by atoms with Crippen molar-refractivity contribution in [2.75, 3.05) is 0 Å². The van der Waals surface area contributed by atoms with Crippen molar-refractivity contribution >= 4 is 11.6 Å². The SMILES string of the molecule is CC(C)(c1cccc(-c2cccnc2[N+](=O)[O-])n1)c1cccc(-c2cccnc2[N+](=O)[O-])n1. The third-order valence-electron chi connectivity index (χ3n) is 5.25. The lowest BCUT2D eigenvalue weighted by Gasteiger charge is -2.24. The molecular weight excluding hydrogens is 424 g/mol. The number of nitrogens with zero attached hydrogens (tertiary/aromatic N) is 6. The minimum absolute atomic E-state index is 0.274. The van der Waals surface area contributed by atoms with Crippen molar-refractivity contribution < 1.29 is 9.85 Å². The van der Waals surface area contributed by atoms with E-state index in [-0.39, 0.29) is 11.6 Å². The lowest BCUT2D eigenvalue weighted by atomic mass is 9.84. The predicted octanol–water partition coefficient (Wildman–Crippen LogP) is 4.74. The molecule has 10 heteroatoms. The first-order chi connectivity index (χ1) is 15.8. The van der Waals surface area contributed by atoms with Crippen molar-refractivity contribution in [2.45, 2.75) is 19.3 Å². The molecule has 0 aliphatic carbocycles. The van der Waals surface area contributed by atoms with Crippen LogP contribution in [0.3, 0.4) is 0 Å². The van der Waals surface area contributed by atoms with Gasteiger partial charge in [-0.05, 0) is 82.2 Å². The predicted molar refractivity (Wildman–Crippen MR) is 120 cm³/mol. The van der Waals surface area contributed by atoms with E-state index in [0.29, 0.717) is 33.9 Å². The van der Waals surface area contributed by atoms with Gasteiger partial charge in [0.25, 0.3) is 0 Å². The van der Waals surface area contributed by atoms with Gasteiger partial charge in [-0.3, -0.25) is 9.97 Å². The highest BCUT2D eigenvalue weighted by Gasteiger charge is 2.29. The Morgan fingerprint density at radius 2 is 1.09 bits per heavy atom. The molecule has 0 fully saturated rings. The Labute approximate surface area is 188 Å². The Balaban J connectivity index is 1.78. The number of nitro groups is 2. The van der Waals surface area contributed by atoms with Gasteiger partial charge in [-0.25, -0.2) is 0 Å². The van der Waals surface area contributed by atoms with Crippen LogP contribution in [0.15, 0.2) is 73.1 Å². The highest BCUT2D eigenvalue weighted by Crippen LogP contribution is 2.34. The molecule has 4 aromatic heterocycles. The minimum Gasteiger partial charge on any atom is -0.358 e. The number of pyridine rings is 4. The Kier molecular flexibility index (Phi) is 5.57. The zero-order valence-corrected chi connectivity index (χ0v) is 17.7. The first-order valence-corrected chi connectivity index (χ1v) is 9.93. The molecule has 0 saturated carbocycles. The molecule has 0 unspecified atom stereocenters. The summed E-state index contributed by atoms with van der Waals surface area (Å²) in [6, 6.07) is 17.0. The fourth-order valence-electron chi connectivity index (χ4n) is 3.48. The van der Waals surface area contributed by atoms with Gasteiger partial charge in [0.2, 0.25) is 0 Å². The van der Waals surface area contributed by atoms with E-state index < -0.39 is 15.3 Å². The smallest absolute Gasteiger partial charge is 0.358 e. The highest BCUT2D eigenvalue weighted by atomic mass is 16.6. The summed E-state index contributed by atoms with van der Waals surface area (Å²) in [4.78, 5) is 38.8. The van der Waals surface area contributed by atoms with Crippen LogP contribution in [0.5, 0.6) is 0 Å². The van der Waals surface area contributed by atoms with Crippen LogP contribution in [0.1, 0.15) is 25.2 Å². The van der Waals surface area contributed by atoms with E-state index in [0.717, 1.165) is 0 Å². The molecule has 0 N–H and O–H groups in total. The van der Waals surface area contributed by atoms with Crippen molar-refractivity contribution in [3.63, 3.8) is 0 Å². The van der Waals surface area contributed by atoms with Gasteiger partial charge in [-0.2, -0.15) is 0 Å². The fraction of sp³-hybridized carbons (Fsp3) is 0.130. The van der Waals surface area contributed by atoms with Crippen LogP contribution in [-0.2, 0) is 5.41 Å². The molecule has 4 aromatic rings. The summed E-state index contributed by atoms with van der Waals surface area (Å²) < 4.78 is 0. The van der Waals surface area contributed by atoms with E-state index in [1.165, 1.54) is 12.4 Å². The van der Waals surface area contributed by atoms with Gasteiger partial charge >= 0.3 is 11.6 Å². The maximum absolute atomic E-state index is 11.4. The van der Waals surface area contributed by atoms with Crippen molar-refractivity contribution in [3.8, 4) is 22.5 Å². The largest absolute Gasteiger partial charge is 0.372 e. The van der Waals surface area contributed by atoms with Crippen molar-refractivity contribution in [1.29, 1.82) is 0 Å². The van der Waals surface area contributed by atoms with Crippen LogP contribution >= 0.6 is 0 Å². The van der Waals surface area contributed by atoms with E-state index in [4.69, 9.17) is 0 Å². The number of aromatic nitrogens is 4. The zero-order valence-electron chi connectivity index (χ0n) is 17.7. The van der Waals surface area contributed by atoms with Gasteiger partial charge in [-0.15, -0.1) is 0 Å². The van der Waals surface area contributed by atoms with E-state index >= 15 is 0 Å². The molecule has 0 saturated heterocycles. The van der Waals surface area contributed by atoms with Crippen molar-refractivity contribution in [2.24, 2.45) is 0 Å². The second-order valence-electron chi connectivity index (χ2n) is 7.70. The molecule has 0 aliphatic rings. The average molecular weight is 442 g/mol. The fourth-order valence-corrected chi connectivity index (χ4v) is 3.48. The van der Waals surface area contributed by atoms with Crippen molar-refractivity contribution in [3.05, 3.63) is 105 Å². The van der Waals surface area contributed by atoms with Crippen LogP contribution in [0.2, 0.25) is 0 Å². The molecule has 33 heavy (non-hydrogen) atoms. The second-order valence-corrected chi connectivity index (χ2v) is 7.70. The standard InChI is InChI=1S/C23H18N6O4/c1-23(2,19-11-3-9-17(26-19)15-7-5-13-24-21(15)28(30)31)20-12-4-10-18(27-20)16-8-6-14-25-22(16)29(32)33/h3-14H,1-2H3. The van der Waals surface area contributed by atoms with E-state index in [1.807, 2.05) is 26.0 Å². The summed E-state index contributed by atoms with van der Waals surface area (Å²) in [6.45, 7) is 3.83. The van der Waals surface area contributed by atoms with Gasteiger partial charge in [0.1, 0.15) is 12.4 Å². The molecule has 4 rings (SSSR count). The van der Waals surface area contributed by atoms with Gasteiger partial charge < -0.3 is 20.2 Å². The molecule has 0 amide bonds. The summed E-state index contributed by atoms with van der Waals surface area (Å²) >= 11 is 0. The van der Waals surface area contributed by atoms with Crippen LogP contribution in [0.4, 0.5) is 11.6 Å². The highest BCUT2D eigenvalue weighted by molar-refractivity contribution is 5.69. The number of hydrogen-bond donors (Lipinski definition) is 0. The molecule has 4 heterocycles. The molecule has 0 aliphatic heterocycles. The van der Waals surface area contributed by atoms with Gasteiger partial charge in [0, 0.05) is 5.41 Å². The molecule has 164 valence electrons. The van der Waals surface area contributed by atoms with E-state index in [1.54, 1.807) is 48.5 Å². The maximum atomic E-state index is 11.4. The van der Waals surface area contributed by atoms with Crippen LogP contribution in [0.25, 0.3) is 22.5 Å². The summed E-state index contributed by atoms with van der Waals surface area (Å²) in [6.07, 6.45) is 2.73. The molecule has 0 aromatic carbocycles. The van der Waals surface area contributed by atoms with Gasteiger partial charge in [-0.1, -0.05) is 12.1 Å². The van der Waals surface area contributed by atoms with Gasteiger partial charge in [0.15, 0.2) is 0 Å². The Morgan fingerprint density at radius 3 is 1.48 bits per heavy atom. The third kappa shape index (κ3) is 4.13. The summed E-state index contributed by atoms with van der Waals surface area (Å²) in [7, 11) is 0. The molecular formula is C23H18N6O4. The second kappa shape index (κ2) is 8.50. The summed E-state index contributed by atoms with van der Waals surface area (Å²) in [5, 5.41) is 22.8. The Bertz CT molecular complexity index is 1270. The molecule has 0 atom stereocenters. The zero-order chi connectivity index (χ0) is 23.6. The Morgan fingerprint density at radius 1 is 0.667 bits per heavy atom. The third-order valence-corrected chi connectivity index (χ3v) is 5.25. The lowest BCUT2D eigenvalue weighted by Crippen LogP contribution is -2.22. The minimum atomic E-state index is -0.708. The average Bonchev–Trinajstić information content (AvgIpc) is 2.84. The molecule has 0 spiro atoms. The lowest BCUT2D eigenvalue weighted by molar-refractivity contribution is -0.389. The maximum Gasteiger partial charge on any atom is 0.372 e. The number of rotatable bonds is 6. The first kappa shape index (κ1) is 21.6. The van der Waals surface area contributed by atoms with Crippen LogP contribution in [0, 0.1) is 20.2 Å². The number of hydrogen-bond acceptors (Lipinski definition) is 8. The topological polar surface area (TPSA) is 138 Å². The summed E-state index contributed by atoms with van der Waals surface area (Å²) in [5.74, 6) is -0.548. The molecule has 0 radical (unpaired) electrons. The van der Waals surface area contributed by atoms with Crippen LogP contribution < -0.4 is 0 Å². The summed E-state index contributed by atoms with van der Waals surface area (Å²) in [5.41, 5.74) is 2.01. The normalized spacial score (nSPS) is 11.2. The first-order valence-electron chi connectivity index (χ1n) is 9.93.